The van der Waals surface area contributed by atoms with Crippen molar-refractivity contribution in [2.75, 3.05) is 18.1 Å². The Labute approximate surface area is 164 Å². The number of aromatic amines is 1. The number of thiophene rings is 1. The minimum Gasteiger partial charge on any atom is -0.396 e. The Morgan fingerprint density at radius 3 is 2.93 bits per heavy atom. The van der Waals surface area contributed by atoms with E-state index in [1.807, 2.05) is 24.3 Å². The second-order valence-electron chi connectivity index (χ2n) is 6.53. The fourth-order valence-corrected chi connectivity index (χ4v) is 5.12. The van der Waals surface area contributed by atoms with Gasteiger partial charge in [0.05, 0.1) is 10.3 Å². The third kappa shape index (κ3) is 3.01. The summed E-state index contributed by atoms with van der Waals surface area (Å²) in [4.78, 5) is 30.3. The van der Waals surface area contributed by atoms with Crippen LogP contribution < -0.4 is 10.6 Å². The van der Waals surface area contributed by atoms with Crippen LogP contribution in [0.2, 0.25) is 4.34 Å². The number of aliphatic hydroxyl groups excluding tert-OH is 1. The number of rotatable bonds is 5. The summed E-state index contributed by atoms with van der Waals surface area (Å²) in [5.74, 6) is -1.05. The van der Waals surface area contributed by atoms with Crippen molar-refractivity contribution >= 4 is 50.7 Å². The lowest BCUT2D eigenvalue weighted by Crippen LogP contribution is -2.41. The topological polar surface area (TPSA) is 99.4 Å². The molecule has 4 rings (SSSR count). The number of benzene rings is 1. The van der Waals surface area contributed by atoms with Crippen LogP contribution >= 0.6 is 22.9 Å². The smallest absolute Gasteiger partial charge is 0.265 e. The molecule has 0 bridgehead atoms. The van der Waals surface area contributed by atoms with Crippen LogP contribution in [0.3, 0.4) is 0 Å². The molecule has 140 valence electrons. The summed E-state index contributed by atoms with van der Waals surface area (Å²) in [5, 5.41) is 9.98. The van der Waals surface area contributed by atoms with Gasteiger partial charge in [-0.05, 0) is 30.5 Å². The molecule has 0 radical (unpaired) electrons. The summed E-state index contributed by atoms with van der Waals surface area (Å²) in [7, 11) is 0. The molecule has 0 saturated heterocycles. The van der Waals surface area contributed by atoms with E-state index in [2.05, 4.69) is 4.98 Å². The van der Waals surface area contributed by atoms with E-state index in [9.17, 15) is 14.7 Å². The number of para-hydroxylation sites is 1. The fraction of sp³-hybridized carbons (Fsp3) is 0.263. The Bertz CT molecular complexity index is 1040. The Balaban J connectivity index is 1.82. The highest BCUT2D eigenvalue weighted by Gasteiger charge is 2.36. The molecular formula is C19H18ClN3O3S. The average Bonchev–Trinajstić information content (AvgIpc) is 3.18. The van der Waals surface area contributed by atoms with Crippen LogP contribution in [0.1, 0.15) is 34.0 Å². The van der Waals surface area contributed by atoms with E-state index in [1.54, 1.807) is 11.0 Å². The fourth-order valence-electron chi connectivity index (χ4n) is 3.67. The van der Waals surface area contributed by atoms with Gasteiger partial charge in [-0.2, -0.15) is 0 Å². The number of aliphatic hydroxyl groups is 1. The molecule has 0 saturated carbocycles. The zero-order valence-corrected chi connectivity index (χ0v) is 15.9. The predicted octanol–water partition coefficient (Wildman–Crippen LogP) is 3.04. The Morgan fingerprint density at radius 1 is 1.41 bits per heavy atom. The number of aromatic nitrogens is 1. The summed E-state index contributed by atoms with van der Waals surface area (Å²) in [5.41, 5.74) is 8.34. The molecule has 1 aliphatic rings. The van der Waals surface area contributed by atoms with Crippen LogP contribution in [0.5, 0.6) is 0 Å². The molecule has 1 unspecified atom stereocenters. The number of halogens is 1. The molecule has 27 heavy (non-hydrogen) atoms. The molecule has 0 spiro atoms. The lowest BCUT2D eigenvalue weighted by atomic mass is 9.86. The number of amides is 2. The lowest BCUT2D eigenvalue weighted by Gasteiger charge is -2.34. The molecule has 0 aliphatic carbocycles. The number of anilines is 1. The maximum Gasteiger partial charge on any atom is 0.265 e. The highest BCUT2D eigenvalue weighted by molar-refractivity contribution is 7.22. The molecule has 1 aromatic carbocycles. The summed E-state index contributed by atoms with van der Waals surface area (Å²) in [6.45, 7) is 0.452. The molecule has 2 aromatic heterocycles. The Morgan fingerprint density at radius 2 is 2.19 bits per heavy atom. The molecule has 1 aliphatic heterocycles. The van der Waals surface area contributed by atoms with Gasteiger partial charge in [0.15, 0.2) is 0 Å². The van der Waals surface area contributed by atoms with Crippen LogP contribution in [0.15, 0.2) is 30.3 Å². The van der Waals surface area contributed by atoms with Crippen LogP contribution in [-0.2, 0) is 11.2 Å². The van der Waals surface area contributed by atoms with Crippen molar-refractivity contribution in [2.45, 2.75) is 18.8 Å². The minimum atomic E-state index is -0.551. The maximum absolute atomic E-state index is 13.3. The van der Waals surface area contributed by atoms with Crippen LogP contribution in [0.4, 0.5) is 5.69 Å². The Kier molecular flexibility index (Phi) is 4.67. The van der Waals surface area contributed by atoms with Gasteiger partial charge in [-0.25, -0.2) is 0 Å². The van der Waals surface area contributed by atoms with Gasteiger partial charge in [-0.3, -0.25) is 9.59 Å². The number of nitrogens with zero attached hydrogens (tertiary/aromatic N) is 1. The average molecular weight is 404 g/mol. The summed E-state index contributed by atoms with van der Waals surface area (Å²) >= 11 is 7.79. The van der Waals surface area contributed by atoms with Crippen molar-refractivity contribution in [3.63, 3.8) is 0 Å². The van der Waals surface area contributed by atoms with Gasteiger partial charge < -0.3 is 20.7 Å². The van der Waals surface area contributed by atoms with Gasteiger partial charge in [0.1, 0.15) is 10.5 Å². The molecule has 1 atom stereocenters. The van der Waals surface area contributed by atoms with Crippen molar-refractivity contribution in [2.24, 2.45) is 5.73 Å². The number of nitrogens with two attached hydrogens (primary N) is 1. The number of carbonyl (C=O) groups excluding carboxylic acids is 2. The van der Waals surface area contributed by atoms with Gasteiger partial charge in [-0.1, -0.05) is 29.8 Å². The summed E-state index contributed by atoms with van der Waals surface area (Å²) in [6.07, 6.45) is 1.03. The van der Waals surface area contributed by atoms with Gasteiger partial charge in [0, 0.05) is 29.8 Å². The lowest BCUT2D eigenvalue weighted by molar-refractivity contribution is -0.120. The summed E-state index contributed by atoms with van der Waals surface area (Å²) in [6, 6.07) is 9.44. The van der Waals surface area contributed by atoms with Crippen LogP contribution in [0, 0.1) is 0 Å². The first-order valence-corrected chi connectivity index (χ1v) is 9.81. The van der Waals surface area contributed by atoms with Crippen molar-refractivity contribution in [3.8, 4) is 0 Å². The Hall–Kier alpha value is -2.35. The number of primary amides is 1. The zero-order chi connectivity index (χ0) is 19.1. The van der Waals surface area contributed by atoms with E-state index in [4.69, 9.17) is 17.3 Å². The number of fused-ring (bicyclic) bond motifs is 2. The SMILES string of the molecule is NC(=O)c1cc2c(C3Cc4ccccc4N(CCCO)C3=O)c(Cl)sc2[nH]1. The predicted molar refractivity (Wildman–Crippen MR) is 107 cm³/mol. The first kappa shape index (κ1) is 18.0. The van der Waals surface area contributed by atoms with Crippen molar-refractivity contribution < 1.29 is 14.7 Å². The normalized spacial score (nSPS) is 16.7. The van der Waals surface area contributed by atoms with Gasteiger partial charge in [-0.15, -0.1) is 11.3 Å². The van der Waals surface area contributed by atoms with Gasteiger partial charge in [0.2, 0.25) is 5.91 Å². The molecular weight excluding hydrogens is 386 g/mol. The van der Waals surface area contributed by atoms with Crippen molar-refractivity contribution in [3.05, 3.63) is 51.5 Å². The molecule has 3 aromatic rings. The maximum atomic E-state index is 13.3. The second kappa shape index (κ2) is 6.99. The minimum absolute atomic E-state index is 0.0137. The largest absolute Gasteiger partial charge is 0.396 e. The van der Waals surface area contributed by atoms with E-state index in [0.29, 0.717) is 29.4 Å². The monoisotopic (exact) mass is 403 g/mol. The highest BCUT2D eigenvalue weighted by atomic mass is 35.5. The second-order valence-corrected chi connectivity index (χ2v) is 8.15. The summed E-state index contributed by atoms with van der Waals surface area (Å²) < 4.78 is 0.534. The van der Waals surface area contributed by atoms with Crippen LogP contribution in [0.25, 0.3) is 10.2 Å². The molecule has 8 heteroatoms. The molecule has 2 amide bonds. The number of H-pyrrole nitrogens is 1. The molecule has 4 N–H and O–H groups in total. The third-order valence-electron chi connectivity index (χ3n) is 4.90. The van der Waals surface area contributed by atoms with Crippen LogP contribution in [-0.4, -0.2) is 35.1 Å². The van der Waals surface area contributed by atoms with Gasteiger partial charge in [0.25, 0.3) is 5.91 Å². The first-order valence-electron chi connectivity index (χ1n) is 8.62. The van der Waals surface area contributed by atoms with Crippen molar-refractivity contribution in [1.29, 1.82) is 0 Å². The molecule has 3 heterocycles. The number of carbonyl (C=O) groups is 2. The number of nitrogens with one attached hydrogen (secondary N) is 1. The first-order chi connectivity index (χ1) is 13.0. The molecule has 0 fully saturated rings. The quantitative estimate of drug-likeness (QED) is 0.610. The van der Waals surface area contributed by atoms with E-state index >= 15 is 0 Å². The standard InChI is InChI=1S/C19H18ClN3O3S/c20-16-15(11-9-13(17(21)25)22-18(11)27-16)12-8-10-4-1-2-5-14(10)23(19(12)26)6-3-7-24/h1-2,4-5,9,12,22,24H,3,6-8H2,(H2,21,25). The van der Waals surface area contributed by atoms with Crippen molar-refractivity contribution in [1.82, 2.24) is 4.98 Å². The van der Waals surface area contributed by atoms with Gasteiger partial charge >= 0.3 is 0 Å². The molecule has 6 nitrogen and oxygen atoms in total. The van der Waals surface area contributed by atoms with E-state index in [0.717, 1.165) is 27.0 Å². The highest BCUT2D eigenvalue weighted by Crippen LogP contribution is 2.44. The zero-order valence-electron chi connectivity index (χ0n) is 14.4. The number of hydrogen-bond acceptors (Lipinski definition) is 4. The third-order valence-corrected chi connectivity index (χ3v) is 6.26. The number of hydrogen-bond donors (Lipinski definition) is 3. The van der Waals surface area contributed by atoms with E-state index < -0.39 is 11.8 Å². The van der Waals surface area contributed by atoms with E-state index in [-0.39, 0.29) is 12.5 Å². The van der Waals surface area contributed by atoms with E-state index in [1.165, 1.54) is 11.3 Å².